The first-order chi connectivity index (χ1) is 6.97. The van der Waals surface area contributed by atoms with Gasteiger partial charge in [-0.25, -0.2) is 8.78 Å². The second-order valence-electron chi connectivity index (χ2n) is 2.99. The standard InChI is InChI=1S/C10H7Cl2F2N/c11-8-3-2-7(6-9(8)12)10(13,14)4-1-5-15/h2-3,6H,1,4H2. The van der Waals surface area contributed by atoms with Crippen molar-refractivity contribution in [2.75, 3.05) is 0 Å². The minimum atomic E-state index is -3.04. The Balaban J connectivity index is 2.95. The average Bonchev–Trinajstić information content (AvgIpc) is 2.19. The van der Waals surface area contributed by atoms with Crippen molar-refractivity contribution < 1.29 is 8.78 Å². The molecule has 0 aliphatic heterocycles. The summed E-state index contributed by atoms with van der Waals surface area (Å²) in [6, 6.07) is 5.34. The molecule has 5 heteroatoms. The van der Waals surface area contributed by atoms with E-state index in [0.29, 0.717) is 0 Å². The van der Waals surface area contributed by atoms with Crippen LogP contribution in [-0.2, 0) is 5.92 Å². The first kappa shape index (κ1) is 12.2. The first-order valence-electron chi connectivity index (χ1n) is 4.17. The second-order valence-corrected chi connectivity index (χ2v) is 3.81. The van der Waals surface area contributed by atoms with Crippen molar-refractivity contribution in [3.8, 4) is 6.07 Å². The Morgan fingerprint density at radius 1 is 1.27 bits per heavy atom. The minimum absolute atomic E-state index is 0.0887. The molecule has 0 bridgehead atoms. The first-order valence-corrected chi connectivity index (χ1v) is 4.93. The fourth-order valence-corrected chi connectivity index (χ4v) is 1.38. The maximum Gasteiger partial charge on any atom is 0.274 e. The third kappa shape index (κ3) is 3.05. The van der Waals surface area contributed by atoms with Crippen molar-refractivity contribution in [1.29, 1.82) is 5.26 Å². The molecular formula is C10H7Cl2F2N. The van der Waals surface area contributed by atoms with Crippen LogP contribution in [-0.4, -0.2) is 0 Å². The Kier molecular flexibility index (Phi) is 3.90. The van der Waals surface area contributed by atoms with E-state index in [1.165, 1.54) is 12.1 Å². The molecule has 0 unspecified atom stereocenters. The Morgan fingerprint density at radius 2 is 1.93 bits per heavy atom. The summed E-state index contributed by atoms with van der Waals surface area (Å²) in [4.78, 5) is 0. The van der Waals surface area contributed by atoms with Crippen LogP contribution in [0.1, 0.15) is 18.4 Å². The van der Waals surface area contributed by atoms with Crippen LogP contribution in [0.5, 0.6) is 0 Å². The van der Waals surface area contributed by atoms with Crippen LogP contribution in [0, 0.1) is 11.3 Å². The Hall–Kier alpha value is -0.850. The molecule has 1 aromatic carbocycles. The van der Waals surface area contributed by atoms with E-state index in [0.717, 1.165) is 6.07 Å². The molecule has 1 aromatic rings. The molecule has 0 saturated carbocycles. The summed E-state index contributed by atoms with van der Waals surface area (Å²) in [5.41, 5.74) is -0.216. The zero-order chi connectivity index (χ0) is 11.5. The SMILES string of the molecule is N#CCCC(F)(F)c1ccc(Cl)c(Cl)c1. The molecule has 1 rings (SSSR count). The number of hydrogen-bond donors (Lipinski definition) is 0. The van der Waals surface area contributed by atoms with Crippen molar-refractivity contribution in [1.82, 2.24) is 0 Å². The summed E-state index contributed by atoms with van der Waals surface area (Å²) in [5, 5.41) is 8.57. The molecular weight excluding hydrogens is 243 g/mol. The molecule has 80 valence electrons. The molecule has 1 nitrogen and oxygen atoms in total. The molecule has 0 spiro atoms. The second kappa shape index (κ2) is 4.78. The summed E-state index contributed by atoms with van der Waals surface area (Å²) in [5.74, 6) is -3.04. The van der Waals surface area contributed by atoms with E-state index >= 15 is 0 Å². The highest BCUT2D eigenvalue weighted by Crippen LogP contribution is 2.35. The monoisotopic (exact) mass is 249 g/mol. The topological polar surface area (TPSA) is 23.8 Å². The molecule has 15 heavy (non-hydrogen) atoms. The van der Waals surface area contributed by atoms with E-state index in [9.17, 15) is 8.78 Å². The third-order valence-electron chi connectivity index (χ3n) is 1.89. The maximum absolute atomic E-state index is 13.4. The average molecular weight is 250 g/mol. The minimum Gasteiger partial charge on any atom is -0.201 e. The van der Waals surface area contributed by atoms with Gasteiger partial charge < -0.3 is 0 Å². The van der Waals surface area contributed by atoms with Crippen LogP contribution >= 0.6 is 23.2 Å². The lowest BCUT2D eigenvalue weighted by Gasteiger charge is -2.15. The highest BCUT2D eigenvalue weighted by molar-refractivity contribution is 6.42. The Bertz CT molecular complexity index is 399. The van der Waals surface area contributed by atoms with Gasteiger partial charge in [0.1, 0.15) is 0 Å². The van der Waals surface area contributed by atoms with Gasteiger partial charge in [-0.1, -0.05) is 29.3 Å². The van der Waals surface area contributed by atoms with Crippen molar-refractivity contribution in [2.45, 2.75) is 18.8 Å². The fourth-order valence-electron chi connectivity index (χ4n) is 1.08. The predicted octanol–water partition coefficient (Wildman–Crippen LogP) is 4.39. The molecule has 0 aromatic heterocycles. The molecule has 0 N–H and O–H groups in total. The number of nitriles is 1. The number of nitrogens with zero attached hydrogens (tertiary/aromatic N) is 1. The van der Waals surface area contributed by atoms with Crippen molar-refractivity contribution in [3.05, 3.63) is 33.8 Å². The molecule has 0 saturated heterocycles. The molecule has 0 amide bonds. The van der Waals surface area contributed by atoms with Crippen LogP contribution in [0.25, 0.3) is 0 Å². The zero-order valence-corrected chi connectivity index (χ0v) is 9.12. The molecule has 0 atom stereocenters. The smallest absolute Gasteiger partial charge is 0.201 e. The summed E-state index contributed by atoms with van der Waals surface area (Å²) < 4.78 is 26.8. The number of hydrogen-bond acceptors (Lipinski definition) is 1. The van der Waals surface area contributed by atoms with Crippen LogP contribution in [0.3, 0.4) is 0 Å². The number of alkyl halides is 2. The summed E-state index contributed by atoms with van der Waals surface area (Å²) >= 11 is 11.2. The predicted molar refractivity (Wildman–Crippen MR) is 55.2 cm³/mol. The van der Waals surface area contributed by atoms with E-state index in [-0.39, 0.29) is 22.0 Å². The Morgan fingerprint density at radius 3 is 2.47 bits per heavy atom. The van der Waals surface area contributed by atoms with E-state index in [1.807, 2.05) is 0 Å². The largest absolute Gasteiger partial charge is 0.274 e. The lowest BCUT2D eigenvalue weighted by atomic mass is 10.0. The number of rotatable bonds is 3. The van der Waals surface area contributed by atoms with Gasteiger partial charge in [0.15, 0.2) is 0 Å². The van der Waals surface area contributed by atoms with Gasteiger partial charge in [0.25, 0.3) is 5.92 Å². The molecule has 0 radical (unpaired) electrons. The summed E-state index contributed by atoms with van der Waals surface area (Å²) in [6.07, 6.45) is -0.714. The van der Waals surface area contributed by atoms with Crippen LogP contribution in [0.2, 0.25) is 10.0 Å². The van der Waals surface area contributed by atoms with Gasteiger partial charge >= 0.3 is 0 Å². The lowest BCUT2D eigenvalue weighted by molar-refractivity contribution is -0.0119. The van der Waals surface area contributed by atoms with Gasteiger partial charge in [-0.15, -0.1) is 0 Å². The zero-order valence-electron chi connectivity index (χ0n) is 7.61. The van der Waals surface area contributed by atoms with Crippen LogP contribution < -0.4 is 0 Å². The van der Waals surface area contributed by atoms with Gasteiger partial charge in [0.05, 0.1) is 16.1 Å². The highest BCUT2D eigenvalue weighted by Gasteiger charge is 2.31. The highest BCUT2D eigenvalue weighted by atomic mass is 35.5. The Labute approximate surface area is 96.2 Å². The van der Waals surface area contributed by atoms with E-state index in [1.54, 1.807) is 6.07 Å². The summed E-state index contributed by atoms with van der Waals surface area (Å²) in [6.45, 7) is 0. The number of benzene rings is 1. The van der Waals surface area contributed by atoms with Crippen molar-refractivity contribution in [3.63, 3.8) is 0 Å². The molecule has 0 aliphatic carbocycles. The quantitative estimate of drug-likeness (QED) is 0.780. The van der Waals surface area contributed by atoms with Gasteiger partial charge in [0.2, 0.25) is 0 Å². The van der Waals surface area contributed by atoms with E-state index in [2.05, 4.69) is 0 Å². The lowest BCUT2D eigenvalue weighted by Crippen LogP contribution is -2.12. The van der Waals surface area contributed by atoms with Gasteiger partial charge in [-0.2, -0.15) is 5.26 Å². The van der Waals surface area contributed by atoms with Gasteiger partial charge in [0, 0.05) is 18.4 Å². The fraction of sp³-hybridized carbons (Fsp3) is 0.300. The van der Waals surface area contributed by atoms with Gasteiger partial charge in [-0.05, 0) is 12.1 Å². The number of halogens is 4. The normalized spacial score (nSPS) is 11.1. The van der Waals surface area contributed by atoms with E-state index in [4.69, 9.17) is 28.5 Å². The van der Waals surface area contributed by atoms with Crippen LogP contribution in [0.15, 0.2) is 18.2 Å². The molecule has 0 fully saturated rings. The maximum atomic E-state index is 13.4. The molecule has 0 heterocycles. The van der Waals surface area contributed by atoms with Crippen molar-refractivity contribution in [2.24, 2.45) is 0 Å². The third-order valence-corrected chi connectivity index (χ3v) is 2.63. The summed E-state index contributed by atoms with van der Waals surface area (Å²) in [7, 11) is 0. The van der Waals surface area contributed by atoms with Gasteiger partial charge in [-0.3, -0.25) is 0 Å². The van der Waals surface area contributed by atoms with E-state index < -0.39 is 12.3 Å². The van der Waals surface area contributed by atoms with Crippen LogP contribution in [0.4, 0.5) is 8.78 Å². The van der Waals surface area contributed by atoms with Crippen molar-refractivity contribution >= 4 is 23.2 Å². The molecule has 0 aliphatic rings.